The Morgan fingerprint density at radius 2 is 2.11 bits per heavy atom. The summed E-state index contributed by atoms with van der Waals surface area (Å²) in [5, 5.41) is 1.79. The second kappa shape index (κ2) is 6.33. The SMILES string of the molecule is Nc1ccc(Br)cc1SCC(=O)NCC(F)(F)F. The topological polar surface area (TPSA) is 55.1 Å². The number of carbonyl (C=O) groups excluding carboxylic acids is 1. The molecular weight excluding hydrogens is 333 g/mol. The van der Waals surface area contributed by atoms with Crippen molar-refractivity contribution in [3.63, 3.8) is 0 Å². The molecule has 0 saturated heterocycles. The molecule has 0 aromatic heterocycles. The lowest BCUT2D eigenvalue weighted by Gasteiger charge is -2.09. The van der Waals surface area contributed by atoms with Gasteiger partial charge in [0.1, 0.15) is 6.54 Å². The summed E-state index contributed by atoms with van der Waals surface area (Å²) in [6.07, 6.45) is -4.39. The van der Waals surface area contributed by atoms with Crippen LogP contribution in [0.15, 0.2) is 27.6 Å². The van der Waals surface area contributed by atoms with E-state index >= 15 is 0 Å². The van der Waals surface area contributed by atoms with Gasteiger partial charge in [-0.15, -0.1) is 11.8 Å². The minimum absolute atomic E-state index is 0.114. The van der Waals surface area contributed by atoms with E-state index < -0.39 is 18.6 Å². The Kier molecular flexibility index (Phi) is 5.33. The van der Waals surface area contributed by atoms with Crippen molar-refractivity contribution >= 4 is 39.3 Å². The van der Waals surface area contributed by atoms with Crippen LogP contribution in [0.1, 0.15) is 0 Å². The number of amides is 1. The van der Waals surface area contributed by atoms with Gasteiger partial charge in [-0.2, -0.15) is 13.2 Å². The minimum atomic E-state index is -4.39. The third-order valence-corrected chi connectivity index (χ3v) is 3.38. The second-order valence-electron chi connectivity index (χ2n) is 3.36. The van der Waals surface area contributed by atoms with Crippen LogP contribution in [-0.2, 0) is 4.79 Å². The largest absolute Gasteiger partial charge is 0.405 e. The van der Waals surface area contributed by atoms with Crippen molar-refractivity contribution in [2.45, 2.75) is 11.1 Å². The Balaban J connectivity index is 2.45. The zero-order valence-electron chi connectivity index (χ0n) is 9.05. The van der Waals surface area contributed by atoms with Crippen molar-refractivity contribution in [2.75, 3.05) is 18.0 Å². The van der Waals surface area contributed by atoms with Crippen LogP contribution in [0.2, 0.25) is 0 Å². The Hall–Kier alpha value is -0.890. The molecule has 0 aliphatic carbocycles. The highest BCUT2D eigenvalue weighted by atomic mass is 79.9. The van der Waals surface area contributed by atoms with Gasteiger partial charge in [-0.25, -0.2) is 0 Å². The number of carbonyl (C=O) groups is 1. The standard InChI is InChI=1S/C10H10BrF3N2OS/c11-6-1-2-7(15)8(3-6)18-4-9(17)16-5-10(12,13)14/h1-3H,4-5,15H2,(H,16,17). The number of nitrogen functional groups attached to an aromatic ring is 1. The fourth-order valence-corrected chi connectivity index (χ4v) is 2.37. The number of halogens is 4. The average molecular weight is 343 g/mol. The maximum Gasteiger partial charge on any atom is 0.405 e. The molecule has 3 N–H and O–H groups in total. The van der Waals surface area contributed by atoms with Gasteiger partial charge in [-0.3, -0.25) is 4.79 Å². The van der Waals surface area contributed by atoms with E-state index in [1.165, 1.54) is 0 Å². The van der Waals surface area contributed by atoms with Crippen molar-refractivity contribution in [1.82, 2.24) is 5.32 Å². The lowest BCUT2D eigenvalue weighted by atomic mass is 10.3. The molecule has 0 aliphatic rings. The molecule has 1 rings (SSSR count). The van der Waals surface area contributed by atoms with Crippen molar-refractivity contribution < 1.29 is 18.0 Å². The Morgan fingerprint density at radius 3 is 2.72 bits per heavy atom. The molecule has 1 aromatic rings. The van der Waals surface area contributed by atoms with Crippen LogP contribution in [0.5, 0.6) is 0 Å². The monoisotopic (exact) mass is 342 g/mol. The van der Waals surface area contributed by atoms with E-state index in [-0.39, 0.29) is 5.75 Å². The van der Waals surface area contributed by atoms with Crippen LogP contribution in [0.4, 0.5) is 18.9 Å². The summed E-state index contributed by atoms with van der Waals surface area (Å²) < 4.78 is 36.3. The first kappa shape index (κ1) is 15.2. The maximum atomic E-state index is 11.8. The van der Waals surface area contributed by atoms with Crippen LogP contribution in [0.25, 0.3) is 0 Å². The lowest BCUT2D eigenvalue weighted by molar-refractivity contribution is -0.136. The normalized spacial score (nSPS) is 11.3. The summed E-state index contributed by atoms with van der Waals surface area (Å²) >= 11 is 4.33. The number of alkyl halides is 3. The van der Waals surface area contributed by atoms with Crippen LogP contribution in [0, 0.1) is 0 Å². The molecule has 0 fully saturated rings. The molecule has 0 saturated carbocycles. The number of hydrogen-bond acceptors (Lipinski definition) is 3. The van der Waals surface area contributed by atoms with Crippen molar-refractivity contribution in [3.8, 4) is 0 Å². The van der Waals surface area contributed by atoms with E-state index in [2.05, 4.69) is 15.9 Å². The molecule has 1 aromatic carbocycles. The van der Waals surface area contributed by atoms with Gasteiger partial charge in [-0.05, 0) is 18.2 Å². The molecule has 1 amide bonds. The molecule has 0 radical (unpaired) electrons. The van der Waals surface area contributed by atoms with Crippen molar-refractivity contribution in [2.24, 2.45) is 0 Å². The van der Waals surface area contributed by atoms with Gasteiger partial charge in [0.05, 0.1) is 5.75 Å². The van der Waals surface area contributed by atoms with E-state index in [1.54, 1.807) is 23.5 Å². The first-order valence-electron chi connectivity index (χ1n) is 4.79. The van der Waals surface area contributed by atoms with E-state index in [9.17, 15) is 18.0 Å². The van der Waals surface area contributed by atoms with Crippen LogP contribution >= 0.6 is 27.7 Å². The van der Waals surface area contributed by atoms with Gasteiger partial charge >= 0.3 is 6.18 Å². The summed E-state index contributed by atoms with van der Waals surface area (Å²) in [7, 11) is 0. The molecule has 8 heteroatoms. The molecule has 0 unspecified atom stereocenters. The van der Waals surface area contributed by atoms with Gasteiger partial charge in [0, 0.05) is 15.1 Å². The second-order valence-corrected chi connectivity index (χ2v) is 5.30. The highest BCUT2D eigenvalue weighted by molar-refractivity contribution is 9.10. The summed E-state index contributed by atoms with van der Waals surface area (Å²) in [6.45, 7) is -1.32. The molecule has 3 nitrogen and oxygen atoms in total. The predicted octanol–water partition coefficient (Wildman–Crippen LogP) is 2.80. The summed E-state index contributed by atoms with van der Waals surface area (Å²) in [5.74, 6) is -0.798. The number of benzene rings is 1. The van der Waals surface area contributed by atoms with Gasteiger partial charge in [-0.1, -0.05) is 15.9 Å². The van der Waals surface area contributed by atoms with Gasteiger partial charge in [0.25, 0.3) is 0 Å². The first-order valence-corrected chi connectivity index (χ1v) is 6.57. The van der Waals surface area contributed by atoms with Crippen molar-refractivity contribution in [3.05, 3.63) is 22.7 Å². The zero-order chi connectivity index (χ0) is 13.8. The van der Waals surface area contributed by atoms with Crippen LogP contribution < -0.4 is 11.1 Å². The summed E-state index contributed by atoms with van der Waals surface area (Å²) in [4.78, 5) is 11.8. The smallest absolute Gasteiger partial charge is 0.398 e. The fraction of sp³-hybridized carbons (Fsp3) is 0.300. The van der Waals surface area contributed by atoms with Crippen LogP contribution in [0.3, 0.4) is 0 Å². The number of nitrogens with one attached hydrogen (secondary N) is 1. The van der Waals surface area contributed by atoms with E-state index in [0.717, 1.165) is 16.2 Å². The van der Waals surface area contributed by atoms with Gasteiger partial charge in [0.15, 0.2) is 0 Å². The van der Waals surface area contributed by atoms with E-state index in [1.807, 2.05) is 0 Å². The molecular formula is C10H10BrF3N2OS. The van der Waals surface area contributed by atoms with E-state index in [0.29, 0.717) is 10.6 Å². The maximum absolute atomic E-state index is 11.8. The third kappa shape index (κ3) is 5.63. The fourth-order valence-electron chi connectivity index (χ4n) is 1.03. The minimum Gasteiger partial charge on any atom is -0.398 e. The van der Waals surface area contributed by atoms with E-state index in [4.69, 9.17) is 5.73 Å². The molecule has 0 spiro atoms. The molecule has 0 aliphatic heterocycles. The number of hydrogen-bond donors (Lipinski definition) is 2. The Morgan fingerprint density at radius 1 is 1.44 bits per heavy atom. The van der Waals surface area contributed by atoms with Gasteiger partial charge < -0.3 is 11.1 Å². The number of anilines is 1. The number of rotatable bonds is 4. The van der Waals surface area contributed by atoms with Gasteiger partial charge in [0.2, 0.25) is 5.91 Å². The number of nitrogens with two attached hydrogens (primary N) is 1. The molecule has 0 bridgehead atoms. The predicted molar refractivity (Wildman–Crippen MR) is 68.3 cm³/mol. The molecule has 18 heavy (non-hydrogen) atoms. The lowest BCUT2D eigenvalue weighted by Crippen LogP contribution is -2.34. The highest BCUT2D eigenvalue weighted by Gasteiger charge is 2.27. The van der Waals surface area contributed by atoms with Crippen LogP contribution in [-0.4, -0.2) is 24.4 Å². The number of thioether (sulfide) groups is 1. The zero-order valence-corrected chi connectivity index (χ0v) is 11.5. The summed E-state index contributed by atoms with van der Waals surface area (Å²) in [6, 6.07) is 5.10. The quantitative estimate of drug-likeness (QED) is 0.653. The average Bonchev–Trinajstić information content (AvgIpc) is 2.26. The highest BCUT2D eigenvalue weighted by Crippen LogP contribution is 2.28. The van der Waals surface area contributed by atoms with Crippen molar-refractivity contribution in [1.29, 1.82) is 0 Å². The Labute approximate surface area is 114 Å². The Bertz CT molecular complexity index is 440. The molecule has 0 atom stereocenters. The molecule has 0 heterocycles. The first-order chi connectivity index (χ1) is 8.28. The summed E-state index contributed by atoms with van der Waals surface area (Å²) in [5.41, 5.74) is 6.14. The molecule has 100 valence electrons. The third-order valence-electron chi connectivity index (χ3n) is 1.82.